The summed E-state index contributed by atoms with van der Waals surface area (Å²) in [5, 5.41) is 5.24. The Morgan fingerprint density at radius 3 is 2.25 bits per heavy atom. The van der Waals surface area contributed by atoms with Gasteiger partial charge in [-0.2, -0.15) is 0 Å². The SMILES string of the molecule is CS(=O)(=O)c1ccc(OCCCC(=O)NCC(=O)Nc2ccc(Br)cc2)cc1. The van der Waals surface area contributed by atoms with Crippen LogP contribution in [0.4, 0.5) is 5.69 Å². The minimum atomic E-state index is -3.23. The predicted octanol–water partition coefficient (Wildman–Crippen LogP) is 2.77. The van der Waals surface area contributed by atoms with Gasteiger partial charge in [-0.3, -0.25) is 9.59 Å². The highest BCUT2D eigenvalue weighted by atomic mass is 79.9. The highest BCUT2D eigenvalue weighted by molar-refractivity contribution is 9.10. The first-order valence-electron chi connectivity index (χ1n) is 8.49. The summed E-state index contributed by atoms with van der Waals surface area (Å²) in [6.45, 7) is 0.194. The first-order chi connectivity index (χ1) is 13.2. The van der Waals surface area contributed by atoms with Crippen molar-refractivity contribution in [3.05, 3.63) is 53.0 Å². The van der Waals surface area contributed by atoms with Crippen molar-refractivity contribution in [3.8, 4) is 5.75 Å². The molecule has 0 saturated carbocycles. The van der Waals surface area contributed by atoms with Gasteiger partial charge in [-0.1, -0.05) is 15.9 Å². The number of hydrogen-bond donors (Lipinski definition) is 2. The summed E-state index contributed by atoms with van der Waals surface area (Å²) in [6.07, 6.45) is 1.82. The van der Waals surface area contributed by atoms with Gasteiger partial charge in [0.2, 0.25) is 11.8 Å². The maximum Gasteiger partial charge on any atom is 0.243 e. The first-order valence-corrected chi connectivity index (χ1v) is 11.2. The number of benzene rings is 2. The molecule has 0 radical (unpaired) electrons. The Kier molecular flexibility index (Phi) is 8.01. The summed E-state index contributed by atoms with van der Waals surface area (Å²) < 4.78 is 29.2. The summed E-state index contributed by atoms with van der Waals surface area (Å²) in [5.41, 5.74) is 0.651. The summed E-state index contributed by atoms with van der Waals surface area (Å²) in [5.74, 6) is -0.0263. The molecule has 2 N–H and O–H groups in total. The van der Waals surface area contributed by atoms with Gasteiger partial charge in [0.15, 0.2) is 9.84 Å². The molecular weight excluding hydrogens is 448 g/mol. The Balaban J connectivity index is 1.63. The van der Waals surface area contributed by atoms with E-state index in [1.165, 1.54) is 12.1 Å². The maximum atomic E-state index is 11.8. The van der Waals surface area contributed by atoms with Gasteiger partial charge >= 0.3 is 0 Å². The molecule has 2 amide bonds. The van der Waals surface area contributed by atoms with Gasteiger partial charge in [-0.05, 0) is 55.0 Å². The maximum absolute atomic E-state index is 11.8. The first kappa shape index (κ1) is 21.9. The van der Waals surface area contributed by atoms with Gasteiger partial charge < -0.3 is 15.4 Å². The zero-order valence-corrected chi connectivity index (χ0v) is 17.7. The lowest BCUT2D eigenvalue weighted by Crippen LogP contribution is -2.32. The number of amides is 2. The van der Waals surface area contributed by atoms with Gasteiger partial charge in [0.25, 0.3) is 0 Å². The Morgan fingerprint density at radius 2 is 1.64 bits per heavy atom. The van der Waals surface area contributed by atoms with E-state index in [1.54, 1.807) is 24.3 Å². The molecule has 0 aromatic heterocycles. The van der Waals surface area contributed by atoms with Crippen molar-refractivity contribution in [2.75, 3.05) is 24.7 Å². The van der Waals surface area contributed by atoms with E-state index in [4.69, 9.17) is 4.74 Å². The second-order valence-electron chi connectivity index (χ2n) is 6.03. The van der Waals surface area contributed by atoms with Crippen LogP contribution in [0.15, 0.2) is 57.9 Å². The Labute approximate surface area is 172 Å². The van der Waals surface area contributed by atoms with Crippen molar-refractivity contribution in [1.29, 1.82) is 0 Å². The molecule has 0 aliphatic heterocycles. The normalized spacial score (nSPS) is 10.9. The molecule has 150 valence electrons. The zero-order chi connectivity index (χ0) is 20.6. The van der Waals surface area contributed by atoms with Crippen LogP contribution in [-0.4, -0.2) is 39.6 Å². The molecule has 0 atom stereocenters. The van der Waals surface area contributed by atoms with Crippen molar-refractivity contribution in [3.63, 3.8) is 0 Å². The third kappa shape index (κ3) is 7.69. The molecule has 2 aromatic carbocycles. The smallest absolute Gasteiger partial charge is 0.243 e. The van der Waals surface area contributed by atoms with Crippen molar-refractivity contribution in [2.24, 2.45) is 0 Å². The number of carbonyl (C=O) groups excluding carboxylic acids is 2. The number of halogens is 1. The molecule has 0 fully saturated rings. The highest BCUT2D eigenvalue weighted by Gasteiger charge is 2.08. The van der Waals surface area contributed by atoms with Crippen molar-refractivity contribution in [1.82, 2.24) is 5.32 Å². The van der Waals surface area contributed by atoms with Gasteiger partial charge in [-0.25, -0.2) is 8.42 Å². The summed E-state index contributed by atoms with van der Waals surface area (Å²) >= 11 is 3.31. The molecule has 0 unspecified atom stereocenters. The third-order valence-electron chi connectivity index (χ3n) is 3.64. The molecular formula is C19H21BrN2O5S. The number of ether oxygens (including phenoxy) is 1. The number of anilines is 1. The summed E-state index contributed by atoms with van der Waals surface area (Å²) in [6, 6.07) is 13.2. The fourth-order valence-electron chi connectivity index (χ4n) is 2.21. The van der Waals surface area contributed by atoms with E-state index >= 15 is 0 Å². The summed E-state index contributed by atoms with van der Waals surface area (Å²) in [4.78, 5) is 23.8. The van der Waals surface area contributed by atoms with Crippen LogP contribution in [0.25, 0.3) is 0 Å². The second kappa shape index (κ2) is 10.2. The molecule has 0 saturated heterocycles. The lowest BCUT2D eigenvalue weighted by molar-refractivity contribution is -0.124. The van der Waals surface area contributed by atoms with Crippen LogP contribution in [0.2, 0.25) is 0 Å². The molecule has 9 heteroatoms. The van der Waals surface area contributed by atoms with E-state index in [0.29, 0.717) is 24.5 Å². The average molecular weight is 469 g/mol. The molecule has 7 nitrogen and oxygen atoms in total. The average Bonchev–Trinajstić information content (AvgIpc) is 2.65. The Hall–Kier alpha value is -2.39. The summed E-state index contributed by atoms with van der Waals surface area (Å²) in [7, 11) is -3.23. The number of nitrogens with one attached hydrogen (secondary N) is 2. The van der Waals surface area contributed by atoms with Crippen LogP contribution >= 0.6 is 15.9 Å². The van der Waals surface area contributed by atoms with Gasteiger partial charge in [-0.15, -0.1) is 0 Å². The molecule has 0 aliphatic carbocycles. The Morgan fingerprint density at radius 1 is 1.00 bits per heavy atom. The van der Waals surface area contributed by atoms with Crippen molar-refractivity contribution >= 4 is 43.3 Å². The number of sulfone groups is 1. The second-order valence-corrected chi connectivity index (χ2v) is 8.96. The quantitative estimate of drug-likeness (QED) is 0.550. The largest absolute Gasteiger partial charge is 0.494 e. The molecule has 0 aliphatic rings. The zero-order valence-electron chi connectivity index (χ0n) is 15.3. The fraction of sp³-hybridized carbons (Fsp3) is 0.263. The third-order valence-corrected chi connectivity index (χ3v) is 5.30. The standard InChI is InChI=1S/C19H21BrN2O5S/c1-28(25,26)17-10-8-16(9-11-17)27-12-2-3-18(23)21-13-19(24)22-15-6-4-14(20)5-7-15/h4-11H,2-3,12-13H2,1H3,(H,21,23)(H,22,24). The van der Waals surface area contributed by atoms with Crippen LogP contribution in [-0.2, 0) is 19.4 Å². The van der Waals surface area contributed by atoms with Crippen molar-refractivity contribution in [2.45, 2.75) is 17.7 Å². The lowest BCUT2D eigenvalue weighted by atomic mass is 10.3. The Bertz CT molecular complexity index is 912. The molecule has 2 aromatic rings. The highest BCUT2D eigenvalue weighted by Crippen LogP contribution is 2.16. The predicted molar refractivity (Wildman–Crippen MR) is 110 cm³/mol. The van der Waals surface area contributed by atoms with Gasteiger partial charge in [0.1, 0.15) is 5.75 Å². The molecule has 0 bridgehead atoms. The fourth-order valence-corrected chi connectivity index (χ4v) is 3.11. The molecule has 28 heavy (non-hydrogen) atoms. The minimum Gasteiger partial charge on any atom is -0.494 e. The van der Waals surface area contributed by atoms with Crippen LogP contribution in [0, 0.1) is 0 Å². The topological polar surface area (TPSA) is 102 Å². The van der Waals surface area contributed by atoms with E-state index in [0.717, 1.165) is 10.7 Å². The molecule has 0 heterocycles. The molecule has 2 rings (SSSR count). The van der Waals surface area contributed by atoms with Crippen LogP contribution in [0.3, 0.4) is 0 Å². The van der Waals surface area contributed by atoms with Gasteiger partial charge in [0.05, 0.1) is 18.0 Å². The molecule has 0 spiro atoms. The van der Waals surface area contributed by atoms with E-state index in [1.807, 2.05) is 12.1 Å². The number of hydrogen-bond acceptors (Lipinski definition) is 5. The van der Waals surface area contributed by atoms with Crippen LogP contribution in [0.1, 0.15) is 12.8 Å². The number of carbonyl (C=O) groups is 2. The van der Waals surface area contributed by atoms with E-state index < -0.39 is 9.84 Å². The number of rotatable bonds is 9. The van der Waals surface area contributed by atoms with E-state index in [2.05, 4.69) is 26.6 Å². The van der Waals surface area contributed by atoms with Crippen molar-refractivity contribution < 1.29 is 22.7 Å². The van der Waals surface area contributed by atoms with E-state index in [-0.39, 0.29) is 29.7 Å². The van der Waals surface area contributed by atoms with Crippen LogP contribution < -0.4 is 15.4 Å². The van der Waals surface area contributed by atoms with E-state index in [9.17, 15) is 18.0 Å². The monoisotopic (exact) mass is 468 g/mol. The lowest BCUT2D eigenvalue weighted by Gasteiger charge is -2.08. The van der Waals surface area contributed by atoms with Gasteiger partial charge in [0, 0.05) is 22.8 Å². The van der Waals surface area contributed by atoms with Crippen LogP contribution in [0.5, 0.6) is 5.75 Å². The minimum absolute atomic E-state index is 0.108.